The van der Waals surface area contributed by atoms with E-state index in [4.69, 9.17) is 9.97 Å². The lowest BCUT2D eigenvalue weighted by molar-refractivity contribution is 1.23. The first-order valence-electron chi connectivity index (χ1n) is 15.4. The lowest BCUT2D eigenvalue weighted by Gasteiger charge is -2.13. The van der Waals surface area contributed by atoms with Crippen LogP contribution in [0.3, 0.4) is 0 Å². The first kappa shape index (κ1) is 27.9. The Bertz CT molecular complexity index is 2500. The average molecular weight is 607 g/mol. The van der Waals surface area contributed by atoms with Crippen LogP contribution in [0.2, 0.25) is 0 Å². The number of aromatic nitrogens is 2. The third kappa shape index (κ3) is 5.01. The average Bonchev–Trinajstić information content (AvgIpc) is 3.49. The summed E-state index contributed by atoms with van der Waals surface area (Å²) in [5, 5.41) is 5.96. The van der Waals surface area contributed by atoms with E-state index in [-0.39, 0.29) is 0 Å². The van der Waals surface area contributed by atoms with Gasteiger partial charge in [-0.25, -0.2) is 9.97 Å². The lowest BCUT2D eigenvalue weighted by atomic mass is 9.98. The smallest absolute Gasteiger partial charge is 0.160 e. The second-order valence-electron chi connectivity index (χ2n) is 11.5. The van der Waals surface area contributed by atoms with Crippen LogP contribution in [-0.2, 0) is 0 Å². The molecule has 0 bridgehead atoms. The second kappa shape index (κ2) is 11.7. The van der Waals surface area contributed by atoms with Crippen LogP contribution in [0.5, 0.6) is 0 Å². The van der Waals surface area contributed by atoms with Gasteiger partial charge in [-0.15, -0.1) is 11.3 Å². The highest BCUT2D eigenvalue weighted by Crippen LogP contribution is 2.38. The van der Waals surface area contributed by atoms with Crippen molar-refractivity contribution in [2.45, 2.75) is 6.92 Å². The zero-order chi connectivity index (χ0) is 31.0. The molecule has 0 radical (unpaired) electrons. The molecule has 3 heteroatoms. The maximum atomic E-state index is 5.24. The molecule has 0 amide bonds. The molecule has 0 aliphatic carbocycles. The minimum atomic E-state index is 0.717. The molecular formula is C43H30N2S. The van der Waals surface area contributed by atoms with E-state index in [1.165, 1.54) is 36.7 Å². The van der Waals surface area contributed by atoms with Crippen LogP contribution in [0.1, 0.15) is 12.5 Å². The van der Waals surface area contributed by atoms with Gasteiger partial charge in [0.15, 0.2) is 5.82 Å². The predicted molar refractivity (Wildman–Crippen MR) is 199 cm³/mol. The number of rotatable bonds is 6. The van der Waals surface area contributed by atoms with E-state index in [1.54, 1.807) is 6.08 Å². The van der Waals surface area contributed by atoms with Crippen molar-refractivity contribution in [3.8, 4) is 33.8 Å². The monoisotopic (exact) mass is 606 g/mol. The van der Waals surface area contributed by atoms with Crippen molar-refractivity contribution >= 4 is 58.8 Å². The fraction of sp³-hybridized carbons (Fsp3) is 0.0233. The summed E-state index contributed by atoms with van der Waals surface area (Å²) in [7, 11) is 0. The molecule has 0 N–H and O–H groups in total. The van der Waals surface area contributed by atoms with E-state index < -0.39 is 0 Å². The van der Waals surface area contributed by atoms with Gasteiger partial charge in [0, 0.05) is 42.1 Å². The third-order valence-electron chi connectivity index (χ3n) is 8.63. The number of fused-ring (bicyclic) bond motifs is 6. The van der Waals surface area contributed by atoms with Crippen LogP contribution >= 0.6 is 11.3 Å². The molecule has 8 rings (SSSR count). The van der Waals surface area contributed by atoms with Crippen LogP contribution in [0.15, 0.2) is 158 Å². The molecule has 0 atom stereocenters. The normalized spacial score (nSPS) is 12.2. The quantitative estimate of drug-likeness (QED) is 0.139. The number of benzene rings is 6. The predicted octanol–water partition coefficient (Wildman–Crippen LogP) is 12.3. The van der Waals surface area contributed by atoms with Crippen molar-refractivity contribution in [2.24, 2.45) is 0 Å². The van der Waals surface area contributed by atoms with Crippen molar-refractivity contribution in [3.05, 3.63) is 164 Å². The molecule has 6 aromatic carbocycles. The molecule has 2 nitrogen and oxygen atoms in total. The molecule has 0 aliphatic rings. The van der Waals surface area contributed by atoms with Gasteiger partial charge >= 0.3 is 0 Å². The number of hydrogen-bond donors (Lipinski definition) is 0. The van der Waals surface area contributed by atoms with Crippen LogP contribution in [0, 0.1) is 0 Å². The van der Waals surface area contributed by atoms with Crippen LogP contribution in [0.25, 0.3) is 81.2 Å². The minimum Gasteiger partial charge on any atom is -0.227 e. The lowest BCUT2D eigenvalue weighted by Crippen LogP contribution is -1.96. The van der Waals surface area contributed by atoms with E-state index in [2.05, 4.69) is 147 Å². The van der Waals surface area contributed by atoms with E-state index in [0.29, 0.717) is 5.82 Å². The van der Waals surface area contributed by atoms with Gasteiger partial charge in [0.05, 0.1) is 11.2 Å². The molecule has 0 saturated heterocycles. The minimum absolute atomic E-state index is 0.717. The molecule has 0 fully saturated rings. The Kier molecular flexibility index (Phi) is 7.09. The van der Waals surface area contributed by atoms with E-state index in [1.807, 2.05) is 23.5 Å². The summed E-state index contributed by atoms with van der Waals surface area (Å²) in [5.41, 5.74) is 8.64. The maximum absolute atomic E-state index is 5.24. The van der Waals surface area contributed by atoms with E-state index in [9.17, 15) is 0 Å². The standard InChI is InChI=1S/C43H30N2S/c1-3-4-5-11-28(2)32-13-10-14-34(26-32)43-44-41(37-24-22-30-12-6-7-15-35(30)42(37)45-43)31-20-18-29(19-21-31)33-23-25-40-38(27-33)36-16-8-9-17-39(36)46-40/h3-27H,1H2,2H3/b5-4-,28-11+. The third-order valence-corrected chi connectivity index (χ3v) is 9.78. The van der Waals surface area contributed by atoms with Gasteiger partial charge in [-0.05, 0) is 64.9 Å². The fourth-order valence-electron chi connectivity index (χ4n) is 6.22. The first-order valence-corrected chi connectivity index (χ1v) is 16.3. The molecule has 0 aliphatic heterocycles. The summed E-state index contributed by atoms with van der Waals surface area (Å²) in [6.07, 6.45) is 7.83. The number of hydrogen-bond acceptors (Lipinski definition) is 3. The van der Waals surface area contributed by atoms with Gasteiger partial charge in [0.25, 0.3) is 0 Å². The molecule has 2 heterocycles. The van der Waals surface area contributed by atoms with E-state index >= 15 is 0 Å². The molecular weight excluding hydrogens is 577 g/mol. The fourth-order valence-corrected chi connectivity index (χ4v) is 7.30. The number of nitrogens with zero attached hydrogens (tertiary/aromatic N) is 2. The van der Waals surface area contributed by atoms with Gasteiger partial charge in [0.1, 0.15) is 0 Å². The molecule has 0 unspecified atom stereocenters. The molecule has 46 heavy (non-hydrogen) atoms. The number of allylic oxidation sites excluding steroid dienone is 5. The van der Waals surface area contributed by atoms with Crippen molar-refractivity contribution in [3.63, 3.8) is 0 Å². The van der Waals surface area contributed by atoms with Gasteiger partial charge in [-0.1, -0.05) is 128 Å². The molecule has 8 aromatic rings. The zero-order valence-electron chi connectivity index (χ0n) is 25.4. The van der Waals surface area contributed by atoms with E-state index in [0.717, 1.165) is 44.2 Å². The first-order chi connectivity index (χ1) is 22.7. The SMILES string of the molecule is C=C/C=C\C=C(/C)c1cccc(-c2nc(-c3ccc(-c4ccc5sc6ccccc6c5c4)cc3)c3ccc4ccccc4c3n2)c1. The summed E-state index contributed by atoms with van der Waals surface area (Å²) < 4.78 is 2.64. The van der Waals surface area contributed by atoms with Gasteiger partial charge in [0.2, 0.25) is 0 Å². The Morgan fingerprint density at radius 3 is 2.22 bits per heavy atom. The second-order valence-corrected chi connectivity index (χ2v) is 12.6. The Morgan fingerprint density at radius 2 is 1.35 bits per heavy atom. The summed E-state index contributed by atoms with van der Waals surface area (Å²) >= 11 is 1.85. The molecule has 0 saturated carbocycles. The summed E-state index contributed by atoms with van der Waals surface area (Å²) in [6, 6.07) is 45.5. The van der Waals surface area contributed by atoms with Crippen molar-refractivity contribution < 1.29 is 0 Å². The highest BCUT2D eigenvalue weighted by Gasteiger charge is 2.15. The van der Waals surface area contributed by atoms with Gasteiger partial charge in [-0.2, -0.15) is 0 Å². The Morgan fingerprint density at radius 1 is 0.587 bits per heavy atom. The van der Waals surface area contributed by atoms with Crippen molar-refractivity contribution in [2.75, 3.05) is 0 Å². The van der Waals surface area contributed by atoms with Crippen molar-refractivity contribution in [1.82, 2.24) is 9.97 Å². The summed E-state index contributed by atoms with van der Waals surface area (Å²) in [4.78, 5) is 10.4. The highest BCUT2D eigenvalue weighted by atomic mass is 32.1. The number of thiophene rings is 1. The Balaban J connectivity index is 1.26. The highest BCUT2D eigenvalue weighted by molar-refractivity contribution is 7.25. The van der Waals surface area contributed by atoms with Gasteiger partial charge < -0.3 is 0 Å². The van der Waals surface area contributed by atoms with Crippen LogP contribution in [-0.4, -0.2) is 9.97 Å². The summed E-state index contributed by atoms with van der Waals surface area (Å²) in [5.74, 6) is 0.717. The topological polar surface area (TPSA) is 25.8 Å². The maximum Gasteiger partial charge on any atom is 0.160 e. The molecule has 2 aromatic heterocycles. The van der Waals surface area contributed by atoms with Crippen LogP contribution < -0.4 is 0 Å². The largest absolute Gasteiger partial charge is 0.227 e. The zero-order valence-corrected chi connectivity index (χ0v) is 26.3. The Labute approximate surface area is 272 Å². The molecule has 218 valence electrons. The van der Waals surface area contributed by atoms with Crippen LogP contribution in [0.4, 0.5) is 0 Å². The Hall–Kier alpha value is -5.64. The van der Waals surface area contributed by atoms with Crippen molar-refractivity contribution in [1.29, 1.82) is 0 Å². The molecule has 0 spiro atoms. The summed E-state index contributed by atoms with van der Waals surface area (Å²) in [6.45, 7) is 5.89. The van der Waals surface area contributed by atoms with Gasteiger partial charge in [-0.3, -0.25) is 0 Å².